The van der Waals surface area contributed by atoms with Crippen LogP contribution in [-0.4, -0.2) is 52.1 Å². The highest BCUT2D eigenvalue weighted by atomic mass is 16.6. The molecular formula is C32H38N2O7. The van der Waals surface area contributed by atoms with Crippen molar-refractivity contribution in [1.82, 2.24) is 10.0 Å². The van der Waals surface area contributed by atoms with Crippen molar-refractivity contribution in [2.75, 3.05) is 6.61 Å². The Morgan fingerprint density at radius 1 is 0.902 bits per heavy atom. The van der Waals surface area contributed by atoms with Crippen molar-refractivity contribution < 1.29 is 33.4 Å². The van der Waals surface area contributed by atoms with E-state index >= 15 is 0 Å². The molecule has 0 aliphatic carbocycles. The van der Waals surface area contributed by atoms with Gasteiger partial charge in [0.05, 0.1) is 12.6 Å². The zero-order valence-corrected chi connectivity index (χ0v) is 23.9. The summed E-state index contributed by atoms with van der Waals surface area (Å²) in [4.78, 5) is 54.3. The zero-order valence-electron chi connectivity index (χ0n) is 23.9. The van der Waals surface area contributed by atoms with Crippen LogP contribution in [-0.2, 0) is 37.0 Å². The first-order valence-corrected chi connectivity index (χ1v) is 13.8. The van der Waals surface area contributed by atoms with Gasteiger partial charge in [-0.1, -0.05) is 99.2 Å². The van der Waals surface area contributed by atoms with Crippen molar-refractivity contribution in [3.63, 3.8) is 0 Å². The molecular weight excluding hydrogens is 524 g/mol. The minimum Gasteiger partial charge on any atom is -0.464 e. The fraction of sp³-hybridized carbons (Fsp3) is 0.375. The van der Waals surface area contributed by atoms with Crippen molar-refractivity contribution in [2.24, 2.45) is 0 Å². The Morgan fingerprint density at radius 2 is 1.46 bits per heavy atom. The number of carbonyl (C=O) groups is 4. The largest absolute Gasteiger partial charge is 0.464 e. The number of ether oxygens (including phenoxy) is 3. The Morgan fingerprint density at radius 3 is 1.98 bits per heavy atom. The molecule has 41 heavy (non-hydrogen) atoms. The van der Waals surface area contributed by atoms with Crippen molar-refractivity contribution in [1.29, 1.82) is 0 Å². The van der Waals surface area contributed by atoms with E-state index in [1.165, 1.54) is 6.92 Å². The molecule has 218 valence electrons. The molecule has 0 saturated carbocycles. The summed E-state index contributed by atoms with van der Waals surface area (Å²) in [7, 11) is 0. The standard InChI is InChI=1S/C32H38N2O7/c1-5-7-8-11-16-24(3)28-21-32(25(4)35,29(36)39-6-2)34(31(38)41-23-27-19-14-10-15-20-27)33(28)30(37)40-22-26-17-12-9-13-18-26/h9-20,28H,3,5-8,21-23H2,1-2,4H3/b16-11+/t28-,32+/m0/s1. The van der Waals surface area contributed by atoms with Gasteiger partial charge in [0.15, 0.2) is 5.78 Å². The lowest BCUT2D eigenvalue weighted by atomic mass is 9.87. The maximum absolute atomic E-state index is 13.8. The summed E-state index contributed by atoms with van der Waals surface area (Å²) in [6.07, 6.45) is 4.11. The van der Waals surface area contributed by atoms with E-state index in [9.17, 15) is 19.2 Å². The molecule has 0 radical (unpaired) electrons. The van der Waals surface area contributed by atoms with Gasteiger partial charge in [-0.3, -0.25) is 4.79 Å². The number of hydrazine groups is 1. The third-order valence-electron chi connectivity index (χ3n) is 6.81. The maximum Gasteiger partial charge on any atom is 0.430 e. The highest BCUT2D eigenvalue weighted by Crippen LogP contribution is 2.40. The van der Waals surface area contributed by atoms with E-state index in [0.717, 1.165) is 34.8 Å². The lowest BCUT2D eigenvalue weighted by Crippen LogP contribution is -2.63. The molecule has 2 amide bonds. The van der Waals surface area contributed by atoms with Gasteiger partial charge in [-0.25, -0.2) is 19.4 Å². The minimum absolute atomic E-state index is 0.0399. The number of hydrogen-bond donors (Lipinski definition) is 0. The highest BCUT2D eigenvalue weighted by molar-refractivity contribution is 6.10. The maximum atomic E-state index is 13.8. The second-order valence-corrected chi connectivity index (χ2v) is 9.71. The molecule has 0 unspecified atom stereocenters. The van der Waals surface area contributed by atoms with E-state index in [4.69, 9.17) is 14.2 Å². The molecule has 3 rings (SSSR count). The third-order valence-corrected chi connectivity index (χ3v) is 6.81. The van der Waals surface area contributed by atoms with Crippen LogP contribution in [0.3, 0.4) is 0 Å². The predicted octanol–water partition coefficient (Wildman–Crippen LogP) is 6.14. The van der Waals surface area contributed by atoms with E-state index in [-0.39, 0.29) is 26.2 Å². The van der Waals surface area contributed by atoms with E-state index in [1.54, 1.807) is 61.5 Å². The summed E-state index contributed by atoms with van der Waals surface area (Å²) in [5.41, 5.74) is -0.342. The molecule has 0 aromatic heterocycles. The normalized spacial score (nSPS) is 18.3. The molecule has 0 bridgehead atoms. The number of unbranched alkanes of at least 4 members (excludes halogenated alkanes) is 2. The molecule has 0 N–H and O–H groups in total. The number of allylic oxidation sites excluding steroid dienone is 1. The van der Waals surface area contributed by atoms with Crippen LogP contribution in [0.2, 0.25) is 0 Å². The molecule has 1 fully saturated rings. The summed E-state index contributed by atoms with van der Waals surface area (Å²) < 4.78 is 16.5. The van der Waals surface area contributed by atoms with Crippen LogP contribution < -0.4 is 0 Å². The number of Topliss-reactive ketones (excluding diaryl/α,β-unsaturated/α-hetero) is 1. The monoisotopic (exact) mass is 562 g/mol. The van der Waals surface area contributed by atoms with E-state index < -0.39 is 35.5 Å². The topological polar surface area (TPSA) is 102 Å². The lowest BCUT2D eigenvalue weighted by molar-refractivity contribution is -0.165. The number of ketones is 1. The van der Waals surface area contributed by atoms with Crippen LogP contribution in [0.15, 0.2) is 85.0 Å². The quantitative estimate of drug-likeness (QED) is 0.101. The molecule has 1 aliphatic rings. The van der Waals surface area contributed by atoms with Crippen LogP contribution in [0.25, 0.3) is 0 Å². The Hall–Kier alpha value is -4.40. The second kappa shape index (κ2) is 14.8. The number of esters is 1. The Kier molecular flexibility index (Phi) is 11.3. The number of hydrogen-bond acceptors (Lipinski definition) is 7. The van der Waals surface area contributed by atoms with Crippen molar-refractivity contribution >= 4 is 23.9 Å². The molecule has 2 aromatic carbocycles. The number of amides is 2. The molecule has 9 nitrogen and oxygen atoms in total. The lowest BCUT2D eigenvalue weighted by Gasteiger charge is -2.36. The Bertz CT molecular complexity index is 1250. The third kappa shape index (κ3) is 7.42. The molecule has 1 aliphatic heterocycles. The van der Waals surface area contributed by atoms with Gasteiger partial charge in [-0.2, -0.15) is 5.01 Å². The number of carbonyl (C=O) groups excluding carboxylic acids is 4. The molecule has 2 aromatic rings. The van der Waals surface area contributed by atoms with Crippen LogP contribution >= 0.6 is 0 Å². The van der Waals surface area contributed by atoms with E-state index in [2.05, 4.69) is 13.5 Å². The summed E-state index contributed by atoms with van der Waals surface area (Å²) in [6.45, 7) is 8.69. The van der Waals surface area contributed by atoms with Gasteiger partial charge < -0.3 is 14.2 Å². The first-order valence-electron chi connectivity index (χ1n) is 13.8. The minimum atomic E-state index is -2.17. The highest BCUT2D eigenvalue weighted by Gasteiger charge is 2.64. The average Bonchev–Trinajstić information content (AvgIpc) is 3.36. The summed E-state index contributed by atoms with van der Waals surface area (Å²) >= 11 is 0. The van der Waals surface area contributed by atoms with Gasteiger partial charge in [0.25, 0.3) is 0 Å². The van der Waals surface area contributed by atoms with Crippen LogP contribution in [0.5, 0.6) is 0 Å². The van der Waals surface area contributed by atoms with Gasteiger partial charge in [-0.05, 0) is 37.0 Å². The SMILES string of the molecule is C=C(/C=C/CCCC)[C@@H]1C[C@@](C(C)=O)(C(=O)OCC)N(C(=O)OCc2ccccc2)N1C(=O)OCc1ccccc1. The number of benzene rings is 2. The fourth-order valence-electron chi connectivity index (χ4n) is 4.61. The van der Waals surface area contributed by atoms with Gasteiger partial charge in [0.1, 0.15) is 13.2 Å². The van der Waals surface area contributed by atoms with E-state index in [1.807, 2.05) is 18.2 Å². The average molecular weight is 563 g/mol. The Balaban J connectivity index is 2.05. The zero-order chi connectivity index (χ0) is 29.8. The van der Waals surface area contributed by atoms with Crippen molar-refractivity contribution in [2.45, 2.75) is 71.2 Å². The van der Waals surface area contributed by atoms with Gasteiger partial charge in [-0.15, -0.1) is 0 Å². The van der Waals surface area contributed by atoms with Gasteiger partial charge in [0, 0.05) is 6.42 Å². The smallest absolute Gasteiger partial charge is 0.430 e. The molecule has 1 heterocycles. The van der Waals surface area contributed by atoms with Crippen LogP contribution in [0.1, 0.15) is 57.6 Å². The van der Waals surface area contributed by atoms with Gasteiger partial charge in [0.2, 0.25) is 5.54 Å². The predicted molar refractivity (Wildman–Crippen MR) is 153 cm³/mol. The molecule has 1 saturated heterocycles. The Labute approximate surface area is 241 Å². The number of nitrogens with zero attached hydrogens (tertiary/aromatic N) is 2. The summed E-state index contributed by atoms with van der Waals surface area (Å²) in [6, 6.07) is 17.0. The molecule has 0 spiro atoms. The summed E-state index contributed by atoms with van der Waals surface area (Å²) in [5.74, 6) is -1.64. The first kappa shape index (κ1) is 31.1. The van der Waals surface area contributed by atoms with Gasteiger partial charge >= 0.3 is 18.2 Å². The van der Waals surface area contributed by atoms with Crippen LogP contribution in [0.4, 0.5) is 9.59 Å². The molecule has 2 atom stereocenters. The first-order chi connectivity index (χ1) is 19.8. The van der Waals surface area contributed by atoms with E-state index in [0.29, 0.717) is 11.1 Å². The summed E-state index contributed by atoms with van der Waals surface area (Å²) in [5, 5.41) is 1.74. The van der Waals surface area contributed by atoms with Crippen LogP contribution in [0, 0.1) is 0 Å². The van der Waals surface area contributed by atoms with Crippen molar-refractivity contribution in [3.05, 3.63) is 96.1 Å². The fourth-order valence-corrected chi connectivity index (χ4v) is 4.61. The molecule has 9 heteroatoms. The number of rotatable bonds is 12. The second-order valence-electron chi connectivity index (χ2n) is 9.71. The van der Waals surface area contributed by atoms with Crippen molar-refractivity contribution in [3.8, 4) is 0 Å².